The van der Waals surface area contributed by atoms with Gasteiger partial charge in [-0.3, -0.25) is 10.2 Å². The fourth-order valence-electron chi connectivity index (χ4n) is 4.18. The third kappa shape index (κ3) is 5.42. The molecule has 10 heteroatoms. The van der Waals surface area contributed by atoms with Gasteiger partial charge in [-0.25, -0.2) is 13.9 Å². The number of aromatic nitrogens is 2. The first-order valence-corrected chi connectivity index (χ1v) is 11.3. The van der Waals surface area contributed by atoms with Crippen LogP contribution in [0.4, 0.5) is 20.6 Å². The van der Waals surface area contributed by atoms with Gasteiger partial charge in [0.05, 0.1) is 29.2 Å². The minimum absolute atomic E-state index is 0.131. The van der Waals surface area contributed by atoms with Gasteiger partial charge in [-0.05, 0) is 56.3 Å². The van der Waals surface area contributed by atoms with Crippen LogP contribution >= 0.6 is 0 Å². The third-order valence-corrected chi connectivity index (χ3v) is 5.98. The van der Waals surface area contributed by atoms with E-state index in [9.17, 15) is 14.4 Å². The molecule has 1 aliphatic heterocycles. The second-order valence-electron chi connectivity index (χ2n) is 8.30. The van der Waals surface area contributed by atoms with E-state index in [-0.39, 0.29) is 12.4 Å². The van der Waals surface area contributed by atoms with Crippen molar-refractivity contribution in [1.82, 2.24) is 14.7 Å². The summed E-state index contributed by atoms with van der Waals surface area (Å²) in [5, 5.41) is 25.9. The van der Waals surface area contributed by atoms with Crippen LogP contribution in [0.2, 0.25) is 0 Å². The topological polar surface area (TPSA) is 107 Å². The van der Waals surface area contributed by atoms with E-state index in [0.717, 1.165) is 31.9 Å². The lowest BCUT2D eigenvalue weighted by Crippen LogP contribution is -2.47. The number of aliphatic hydroxyl groups excluding tert-OH is 1. The molecule has 0 unspecified atom stereocenters. The smallest absolute Gasteiger partial charge is 0.406 e. The van der Waals surface area contributed by atoms with Crippen molar-refractivity contribution in [3.8, 4) is 17.5 Å². The summed E-state index contributed by atoms with van der Waals surface area (Å²) in [6, 6.07) is 13.2. The van der Waals surface area contributed by atoms with Gasteiger partial charge < -0.3 is 14.7 Å². The summed E-state index contributed by atoms with van der Waals surface area (Å²) in [7, 11) is 0. The number of ether oxygens (including phenoxy) is 1. The molecule has 4 rings (SSSR count). The highest BCUT2D eigenvalue weighted by molar-refractivity contribution is 5.87. The highest BCUT2D eigenvalue weighted by Gasteiger charge is 2.21. The van der Waals surface area contributed by atoms with E-state index in [1.807, 2.05) is 6.07 Å². The molecule has 0 radical (unpaired) electrons. The normalized spacial score (nSPS) is 14.0. The molecule has 2 N–H and O–H groups in total. The maximum Gasteiger partial charge on any atom is 0.417 e. The number of nitriles is 1. The van der Waals surface area contributed by atoms with Crippen molar-refractivity contribution >= 4 is 17.5 Å². The molecule has 0 atom stereocenters. The van der Waals surface area contributed by atoms with Gasteiger partial charge in [0, 0.05) is 38.4 Å². The first-order valence-electron chi connectivity index (χ1n) is 11.3. The van der Waals surface area contributed by atoms with Crippen LogP contribution in [0, 0.1) is 31.0 Å². The van der Waals surface area contributed by atoms with E-state index in [1.54, 1.807) is 42.8 Å². The fraction of sp³-hybridized carbons (Fsp3) is 0.320. The molecule has 0 aliphatic carbocycles. The number of halogens is 1. The zero-order valence-corrected chi connectivity index (χ0v) is 19.7. The van der Waals surface area contributed by atoms with Crippen molar-refractivity contribution in [2.75, 3.05) is 49.5 Å². The molecule has 182 valence electrons. The minimum atomic E-state index is -0.705. The summed E-state index contributed by atoms with van der Waals surface area (Å²) >= 11 is 0. The first-order chi connectivity index (χ1) is 16.9. The number of nitrogens with one attached hydrogen (secondary N) is 1. The molecule has 3 aromatic rings. The van der Waals surface area contributed by atoms with Gasteiger partial charge in [0.15, 0.2) is 5.75 Å². The maximum absolute atomic E-state index is 13.3. The van der Waals surface area contributed by atoms with E-state index in [1.165, 1.54) is 12.1 Å². The molecule has 0 saturated carbocycles. The fourth-order valence-corrected chi connectivity index (χ4v) is 4.18. The summed E-state index contributed by atoms with van der Waals surface area (Å²) in [6.45, 7) is 7.37. The van der Waals surface area contributed by atoms with Crippen LogP contribution in [0.1, 0.15) is 17.0 Å². The van der Waals surface area contributed by atoms with E-state index in [4.69, 9.17) is 9.84 Å². The Morgan fingerprint density at radius 3 is 2.54 bits per heavy atom. The van der Waals surface area contributed by atoms with Crippen molar-refractivity contribution in [2.45, 2.75) is 13.8 Å². The van der Waals surface area contributed by atoms with Crippen LogP contribution in [0.3, 0.4) is 0 Å². The number of hydrogen-bond donors (Lipinski definition) is 2. The van der Waals surface area contributed by atoms with Crippen LogP contribution < -0.4 is 15.0 Å². The average molecular weight is 479 g/mol. The molecule has 1 saturated heterocycles. The summed E-state index contributed by atoms with van der Waals surface area (Å²) in [5.41, 5.74) is 3.45. The number of aliphatic hydroxyl groups is 1. The molecule has 9 nitrogen and oxygen atoms in total. The van der Waals surface area contributed by atoms with E-state index in [0.29, 0.717) is 40.6 Å². The van der Waals surface area contributed by atoms with Crippen LogP contribution in [0.5, 0.6) is 5.75 Å². The number of nitrogens with zero attached hydrogens (tertiary/aromatic N) is 5. The Hall–Kier alpha value is -3.94. The van der Waals surface area contributed by atoms with Crippen LogP contribution in [-0.4, -0.2) is 65.2 Å². The summed E-state index contributed by atoms with van der Waals surface area (Å²) in [5.74, 6) is -0.0393. The van der Waals surface area contributed by atoms with Gasteiger partial charge in [0.2, 0.25) is 0 Å². The predicted octanol–water partition coefficient (Wildman–Crippen LogP) is 3.23. The molecule has 0 spiro atoms. The number of carbonyl (C=O) groups excluding carboxylic acids is 1. The summed E-state index contributed by atoms with van der Waals surface area (Å²) in [6.07, 6.45) is -0.705. The van der Waals surface area contributed by atoms with Crippen molar-refractivity contribution in [3.63, 3.8) is 0 Å². The minimum Gasteiger partial charge on any atom is -0.406 e. The standard InChI is InChI=1S/C25H27FN6O3/c1-17-24(18(2)32(29-17)22-6-3-20(26)4-7-22)35-25(34)28-21-5-8-23(19(15-21)16-27)31-11-9-30(10-12-31)13-14-33/h3-8,15,33H,9-14H2,1-2H3,(H,28,34). The van der Waals surface area contributed by atoms with Crippen LogP contribution in [-0.2, 0) is 0 Å². The van der Waals surface area contributed by atoms with Crippen molar-refractivity contribution < 1.29 is 19.0 Å². The second kappa shape index (κ2) is 10.5. The lowest BCUT2D eigenvalue weighted by molar-refractivity contribution is 0.189. The van der Waals surface area contributed by atoms with Crippen molar-refractivity contribution in [3.05, 3.63) is 65.2 Å². The number of aryl methyl sites for hydroxylation is 1. The van der Waals surface area contributed by atoms with E-state index in [2.05, 4.69) is 26.3 Å². The third-order valence-electron chi connectivity index (χ3n) is 5.98. The second-order valence-corrected chi connectivity index (χ2v) is 8.30. The number of anilines is 2. The molecular weight excluding hydrogens is 451 g/mol. The van der Waals surface area contributed by atoms with Crippen molar-refractivity contribution in [2.24, 2.45) is 0 Å². The van der Waals surface area contributed by atoms with Gasteiger partial charge in [-0.15, -0.1) is 0 Å². The summed E-state index contributed by atoms with van der Waals surface area (Å²) < 4.78 is 20.4. The average Bonchev–Trinajstić information content (AvgIpc) is 3.13. The number of rotatable bonds is 6. The number of hydrogen-bond acceptors (Lipinski definition) is 7. The van der Waals surface area contributed by atoms with Crippen molar-refractivity contribution in [1.29, 1.82) is 5.26 Å². The highest BCUT2D eigenvalue weighted by Crippen LogP contribution is 2.27. The molecule has 1 aromatic heterocycles. The zero-order valence-electron chi connectivity index (χ0n) is 19.7. The molecule has 2 heterocycles. The molecule has 35 heavy (non-hydrogen) atoms. The Balaban J connectivity index is 1.44. The highest BCUT2D eigenvalue weighted by atomic mass is 19.1. The van der Waals surface area contributed by atoms with Gasteiger partial charge in [-0.1, -0.05) is 0 Å². The van der Waals surface area contributed by atoms with E-state index >= 15 is 0 Å². The molecule has 1 aliphatic rings. The Kier molecular flexibility index (Phi) is 7.29. The van der Waals surface area contributed by atoms with Gasteiger partial charge in [0.25, 0.3) is 0 Å². The maximum atomic E-state index is 13.3. The van der Waals surface area contributed by atoms with Crippen LogP contribution in [0.25, 0.3) is 5.69 Å². The molecule has 1 fully saturated rings. The predicted molar refractivity (Wildman–Crippen MR) is 130 cm³/mol. The molecule has 1 amide bonds. The molecule has 2 aromatic carbocycles. The molecular formula is C25H27FN6O3. The first kappa shape index (κ1) is 24.2. The Bertz CT molecular complexity index is 1240. The zero-order chi connectivity index (χ0) is 24.9. The quantitative estimate of drug-likeness (QED) is 0.560. The Morgan fingerprint density at radius 2 is 1.89 bits per heavy atom. The molecule has 0 bridgehead atoms. The van der Waals surface area contributed by atoms with Crippen LogP contribution in [0.15, 0.2) is 42.5 Å². The summed E-state index contributed by atoms with van der Waals surface area (Å²) in [4.78, 5) is 16.9. The SMILES string of the molecule is Cc1nn(-c2ccc(F)cc2)c(C)c1OC(=O)Nc1ccc(N2CCN(CCO)CC2)c(C#N)c1. The van der Waals surface area contributed by atoms with Gasteiger partial charge in [-0.2, -0.15) is 10.4 Å². The Morgan fingerprint density at radius 1 is 1.17 bits per heavy atom. The van der Waals surface area contributed by atoms with Gasteiger partial charge >= 0.3 is 6.09 Å². The lowest BCUT2D eigenvalue weighted by atomic mass is 10.1. The monoisotopic (exact) mass is 478 g/mol. The Labute approximate surface area is 202 Å². The largest absolute Gasteiger partial charge is 0.417 e. The van der Waals surface area contributed by atoms with E-state index < -0.39 is 6.09 Å². The number of β-amino-alcohol motifs (C(OH)–C–C–N with tert-alkyl or cyclic N) is 1. The number of benzene rings is 2. The number of amides is 1. The number of piperazine rings is 1. The number of carbonyl (C=O) groups is 1. The lowest BCUT2D eigenvalue weighted by Gasteiger charge is -2.36. The van der Waals surface area contributed by atoms with Gasteiger partial charge in [0.1, 0.15) is 17.6 Å².